The lowest BCUT2D eigenvalue weighted by Crippen LogP contribution is -2.17. The molecule has 0 radical (unpaired) electrons. The number of aryl methyl sites for hydroxylation is 1. The minimum atomic E-state index is -4.20. The molecule has 2 aromatic heterocycles. The van der Waals surface area contributed by atoms with Gasteiger partial charge < -0.3 is 5.11 Å². The van der Waals surface area contributed by atoms with Crippen LogP contribution in [-0.4, -0.2) is 19.6 Å². The number of pyridine rings is 1. The van der Waals surface area contributed by atoms with E-state index in [2.05, 4.69) is 0 Å². The summed E-state index contributed by atoms with van der Waals surface area (Å²) in [4.78, 5) is 9.94. The zero-order valence-corrected chi connectivity index (χ0v) is 39.9. The van der Waals surface area contributed by atoms with Crippen molar-refractivity contribution in [1.29, 1.82) is 0 Å². The summed E-state index contributed by atoms with van der Waals surface area (Å²) in [6, 6.07) is 31.3. The van der Waals surface area contributed by atoms with E-state index in [1.165, 1.54) is 22.9 Å². The van der Waals surface area contributed by atoms with Crippen molar-refractivity contribution in [2.24, 2.45) is 5.41 Å². The summed E-state index contributed by atoms with van der Waals surface area (Å²) in [6.45, 7) is -10.8. The van der Waals surface area contributed by atoms with E-state index >= 15 is 0 Å². The third-order valence-electron chi connectivity index (χ3n) is 12.0. The van der Waals surface area contributed by atoms with Gasteiger partial charge in [-0.05, 0) is 139 Å². The third-order valence-corrected chi connectivity index (χ3v) is 12.0. The second-order valence-electron chi connectivity index (χ2n) is 20.7. The van der Waals surface area contributed by atoms with Crippen molar-refractivity contribution in [3.63, 3.8) is 0 Å². The van der Waals surface area contributed by atoms with Crippen LogP contribution in [0.15, 0.2) is 134 Å². The largest absolute Gasteiger partial charge is 0.507 e. The van der Waals surface area contributed by atoms with Crippen molar-refractivity contribution >= 4 is 11.0 Å². The van der Waals surface area contributed by atoms with Crippen LogP contribution in [0.5, 0.6) is 5.75 Å². The highest BCUT2D eigenvalue weighted by Gasteiger charge is 2.30. The standard InChI is InChI=1S/C64H73N3O/c1-40-31-41(39-60(2,3)4)25-27-49(40)43-29-30-65-54(35-43)45-32-44(33-47(34-45)62(8,9)10)50-23-20-24-56-57(50)66-59(52-37-48(63(11,12)13)38-53(58(52)68)64(14,15)16)67(56)55-28-26-46(61(5,6)7)36-51(55)42-21-18-17-19-22-42/h17-38,68H,39H2,1-16H3/i1D3,11D3,12D3,13D3,14D3,15D3,16D3,27D,39D2. The lowest BCUT2D eigenvalue weighted by atomic mass is 9.79. The number of hydrogen-bond donors (Lipinski definition) is 1. The van der Waals surface area contributed by atoms with Crippen LogP contribution in [-0.2, 0) is 28.0 Å². The summed E-state index contributed by atoms with van der Waals surface area (Å²) in [5, 5.41) is 13.1. The molecule has 0 spiro atoms. The number of rotatable bonds is 7. The normalized spacial score (nSPS) is 19.5. The van der Waals surface area contributed by atoms with Crippen LogP contribution in [0.3, 0.4) is 0 Å². The van der Waals surface area contributed by atoms with Gasteiger partial charge in [-0.2, -0.15) is 0 Å². The number of nitrogens with zero attached hydrogens (tertiary/aromatic N) is 3. The van der Waals surface area contributed by atoms with Gasteiger partial charge in [0.05, 0.1) is 29.3 Å². The van der Waals surface area contributed by atoms with Gasteiger partial charge in [-0.15, -0.1) is 0 Å². The Morgan fingerprint density at radius 2 is 1.26 bits per heavy atom. The molecule has 8 rings (SSSR count). The van der Waals surface area contributed by atoms with Crippen molar-refractivity contribution in [3.05, 3.63) is 167 Å². The van der Waals surface area contributed by atoms with E-state index in [1.807, 2.05) is 59.7 Å². The second-order valence-corrected chi connectivity index (χ2v) is 20.7. The monoisotopic (exact) mass is 924 g/mol. The van der Waals surface area contributed by atoms with E-state index in [1.54, 1.807) is 99.6 Å². The molecule has 4 heteroatoms. The Balaban J connectivity index is 1.58. The van der Waals surface area contributed by atoms with Crippen molar-refractivity contribution in [2.75, 3.05) is 0 Å². The number of benzene rings is 6. The van der Waals surface area contributed by atoms with Crippen LogP contribution in [0, 0.1) is 12.3 Å². The van der Waals surface area contributed by atoms with Gasteiger partial charge in [0.2, 0.25) is 0 Å². The molecule has 0 aliphatic rings. The number of aromatic nitrogens is 3. The zero-order chi connectivity index (χ0) is 69.5. The van der Waals surface area contributed by atoms with Gasteiger partial charge in [-0.25, -0.2) is 4.98 Å². The summed E-state index contributed by atoms with van der Waals surface area (Å²) in [6.07, 6.45) is -0.588. The van der Waals surface area contributed by atoms with Crippen LogP contribution in [0.1, 0.15) is 170 Å². The molecule has 2 heterocycles. The molecule has 0 amide bonds. The first kappa shape index (κ1) is 26.5. The molecule has 0 atom stereocenters. The van der Waals surface area contributed by atoms with E-state index in [-0.39, 0.29) is 51.1 Å². The highest BCUT2D eigenvalue weighted by Crippen LogP contribution is 2.46. The Labute approximate surface area is 441 Å². The summed E-state index contributed by atoms with van der Waals surface area (Å²) in [5.41, 5.74) is -9.23. The summed E-state index contributed by atoms with van der Waals surface area (Å²) in [7, 11) is 0. The molecular weight excluding hydrogens is 827 g/mol. The van der Waals surface area contributed by atoms with Crippen molar-refractivity contribution in [3.8, 4) is 67.5 Å². The maximum Gasteiger partial charge on any atom is 0.149 e. The molecule has 68 heavy (non-hydrogen) atoms. The first-order valence-corrected chi connectivity index (χ1v) is 22.5. The van der Waals surface area contributed by atoms with Crippen molar-refractivity contribution in [1.82, 2.24) is 14.5 Å². The minimum Gasteiger partial charge on any atom is -0.507 e. The molecule has 0 fully saturated rings. The highest BCUT2D eigenvalue weighted by molar-refractivity contribution is 5.98. The maximum absolute atomic E-state index is 13.1. The maximum atomic E-state index is 13.1. The van der Waals surface area contributed by atoms with Crippen LogP contribution in [0.2, 0.25) is 0 Å². The molecule has 0 aliphatic heterocycles. The fraction of sp³-hybridized carbons (Fsp3) is 0.344. The number of phenols is 1. The number of imidazole rings is 1. The zero-order valence-electron chi connectivity index (χ0n) is 63.9. The minimum absolute atomic E-state index is 0.0212. The Morgan fingerprint density at radius 1 is 0.574 bits per heavy atom. The molecule has 0 aliphatic carbocycles. The average Bonchev–Trinajstić information content (AvgIpc) is 0.701. The van der Waals surface area contributed by atoms with Gasteiger partial charge in [0.25, 0.3) is 0 Å². The molecular formula is C64H73N3O. The number of hydrogen-bond acceptors (Lipinski definition) is 3. The summed E-state index contributed by atoms with van der Waals surface area (Å²) >= 11 is 0. The van der Waals surface area contributed by atoms with Crippen molar-refractivity contribution < 1.29 is 38.0 Å². The predicted octanol–water partition coefficient (Wildman–Crippen LogP) is 17.5. The highest BCUT2D eigenvalue weighted by atomic mass is 16.3. The van der Waals surface area contributed by atoms with Crippen LogP contribution in [0.4, 0.5) is 0 Å². The third kappa shape index (κ3) is 9.84. The Morgan fingerprint density at radius 3 is 1.94 bits per heavy atom. The van der Waals surface area contributed by atoms with E-state index in [4.69, 9.17) is 41.5 Å². The molecule has 0 bridgehead atoms. The SMILES string of the molecule is [2H]c1cc(C([2H])([2H])C(C)(C)C)cc(C([2H])([2H])[2H])c1-c1ccnc(-c2cc(-c3cccc4c3nc(-c3cc(C(C([2H])([2H])[2H])(C([2H])([2H])[2H])C([2H])([2H])[2H])cc(C(C([2H])([2H])[2H])(C([2H])([2H])[2H])C([2H])([2H])[2H])c3O)n4-c3ccc(C(C)(C)C)cc3-c3ccccc3)cc(C(C)(C)C)c2)c1. The summed E-state index contributed by atoms with van der Waals surface area (Å²) < 4.78 is 213. The topological polar surface area (TPSA) is 50.9 Å². The van der Waals surface area contributed by atoms with Gasteiger partial charge in [0.1, 0.15) is 11.6 Å². The molecule has 1 N–H and O–H groups in total. The first-order chi connectivity index (χ1) is 41.6. The lowest BCUT2D eigenvalue weighted by Gasteiger charge is -2.28. The Kier molecular flexibility index (Phi) is 6.76. The van der Waals surface area contributed by atoms with E-state index in [0.717, 1.165) is 11.1 Å². The molecule has 0 saturated carbocycles. The Bertz CT molecular complexity index is 4050. The molecule has 0 saturated heterocycles. The van der Waals surface area contributed by atoms with E-state index in [0.29, 0.717) is 39.6 Å². The van der Waals surface area contributed by atoms with Gasteiger partial charge >= 0.3 is 0 Å². The quantitative estimate of drug-likeness (QED) is 0.173. The molecule has 0 unspecified atom stereocenters. The molecule has 6 aromatic carbocycles. The van der Waals surface area contributed by atoms with E-state index in [9.17, 15) is 6.48 Å². The Hall–Kier alpha value is -6.26. The van der Waals surface area contributed by atoms with E-state index < -0.39 is 110 Å². The lowest BCUT2D eigenvalue weighted by molar-refractivity contribution is 0.411. The molecule has 8 aromatic rings. The van der Waals surface area contributed by atoms with Gasteiger partial charge in [-0.3, -0.25) is 9.55 Å². The van der Waals surface area contributed by atoms with Crippen molar-refractivity contribution in [2.45, 2.75) is 138 Å². The van der Waals surface area contributed by atoms with Gasteiger partial charge in [0.15, 0.2) is 0 Å². The number of phenolic OH excluding ortho intramolecular Hbond substituents is 1. The summed E-state index contributed by atoms with van der Waals surface area (Å²) in [5.74, 6) is -1.90. The first-order valence-electron chi connectivity index (χ1n) is 34.5. The van der Waals surface area contributed by atoms with Crippen LogP contribution in [0.25, 0.3) is 72.7 Å². The van der Waals surface area contributed by atoms with Crippen LogP contribution >= 0.6 is 0 Å². The smallest absolute Gasteiger partial charge is 0.149 e. The number of para-hydroxylation sites is 1. The van der Waals surface area contributed by atoms with Crippen LogP contribution < -0.4 is 0 Å². The second kappa shape index (κ2) is 17.4. The van der Waals surface area contributed by atoms with Gasteiger partial charge in [-0.1, -0.05) is 182 Å². The fourth-order valence-electron chi connectivity index (χ4n) is 8.46. The fourth-order valence-corrected chi connectivity index (χ4v) is 8.46. The predicted molar refractivity (Wildman–Crippen MR) is 290 cm³/mol. The number of aromatic hydroxyl groups is 1. The average molecular weight is 924 g/mol. The molecule has 350 valence electrons. The van der Waals surface area contributed by atoms with Gasteiger partial charge in [0, 0.05) is 60.0 Å². The number of fused-ring (bicyclic) bond motifs is 1. The molecule has 4 nitrogen and oxygen atoms in total.